The molecule has 1 N–H and O–H groups in total. The van der Waals surface area contributed by atoms with Gasteiger partial charge in [-0.3, -0.25) is 14.7 Å². The van der Waals surface area contributed by atoms with Crippen LogP contribution in [0.25, 0.3) is 0 Å². The number of aromatic nitrogens is 3. The number of ether oxygens (including phenoxy) is 1. The molecule has 6 heteroatoms. The van der Waals surface area contributed by atoms with E-state index in [1.165, 1.54) is 5.56 Å². The van der Waals surface area contributed by atoms with Crippen molar-refractivity contribution in [2.75, 3.05) is 13.2 Å². The smallest absolute Gasteiger partial charge is 0.251 e. The number of hydrogen-bond donors (Lipinski definition) is 1. The van der Waals surface area contributed by atoms with Crippen molar-refractivity contribution in [3.63, 3.8) is 0 Å². The summed E-state index contributed by atoms with van der Waals surface area (Å²) in [7, 11) is 0. The summed E-state index contributed by atoms with van der Waals surface area (Å²) in [6.07, 6.45) is 6.08. The van der Waals surface area contributed by atoms with Crippen LogP contribution < -0.4 is 5.56 Å². The van der Waals surface area contributed by atoms with Crippen molar-refractivity contribution >= 4 is 0 Å². The molecule has 0 saturated carbocycles. The third-order valence-electron chi connectivity index (χ3n) is 3.94. The Morgan fingerprint density at radius 3 is 2.87 bits per heavy atom. The summed E-state index contributed by atoms with van der Waals surface area (Å²) in [5.74, 6) is 0.647. The van der Waals surface area contributed by atoms with Crippen molar-refractivity contribution in [1.29, 1.82) is 0 Å². The van der Waals surface area contributed by atoms with Crippen LogP contribution in [-0.4, -0.2) is 39.1 Å². The molecule has 6 nitrogen and oxygen atoms in total. The number of H-pyrrole nitrogens is 1. The SMILES string of the molecule is Cc1nc(CN(Cc2ccncc2)CC2CCCO2)cc(=O)[nH]1. The molecule has 0 aromatic carbocycles. The number of pyridine rings is 1. The van der Waals surface area contributed by atoms with Crippen molar-refractivity contribution < 1.29 is 4.74 Å². The Labute approximate surface area is 135 Å². The van der Waals surface area contributed by atoms with E-state index < -0.39 is 0 Å². The van der Waals surface area contributed by atoms with E-state index in [-0.39, 0.29) is 11.7 Å². The lowest BCUT2D eigenvalue weighted by Crippen LogP contribution is -2.32. The third-order valence-corrected chi connectivity index (χ3v) is 3.94. The van der Waals surface area contributed by atoms with E-state index in [0.717, 1.165) is 38.2 Å². The molecule has 3 rings (SSSR count). The van der Waals surface area contributed by atoms with Crippen molar-refractivity contribution in [2.45, 2.75) is 39.0 Å². The quantitative estimate of drug-likeness (QED) is 0.878. The molecule has 23 heavy (non-hydrogen) atoms. The third kappa shape index (κ3) is 4.71. The molecular weight excluding hydrogens is 292 g/mol. The van der Waals surface area contributed by atoms with Crippen LogP contribution in [0.3, 0.4) is 0 Å². The van der Waals surface area contributed by atoms with E-state index in [9.17, 15) is 4.79 Å². The number of rotatable bonds is 6. The monoisotopic (exact) mass is 314 g/mol. The maximum absolute atomic E-state index is 11.6. The molecule has 0 bridgehead atoms. The van der Waals surface area contributed by atoms with E-state index in [1.54, 1.807) is 25.4 Å². The Kier molecular flexibility index (Phi) is 5.15. The maximum Gasteiger partial charge on any atom is 0.251 e. The molecule has 0 amide bonds. The minimum Gasteiger partial charge on any atom is -0.377 e. The zero-order valence-corrected chi connectivity index (χ0v) is 13.4. The van der Waals surface area contributed by atoms with Crippen molar-refractivity contribution in [3.05, 3.63) is 58.0 Å². The maximum atomic E-state index is 11.6. The van der Waals surface area contributed by atoms with Gasteiger partial charge in [-0.2, -0.15) is 0 Å². The van der Waals surface area contributed by atoms with Gasteiger partial charge in [0.25, 0.3) is 5.56 Å². The summed E-state index contributed by atoms with van der Waals surface area (Å²) in [6, 6.07) is 5.60. The fraction of sp³-hybridized carbons (Fsp3) is 0.471. The standard InChI is InChI=1S/C17H22N4O2/c1-13-19-15(9-17(22)20-13)11-21(12-16-3-2-8-23-16)10-14-4-6-18-7-5-14/h4-7,9,16H,2-3,8,10-12H2,1H3,(H,19,20,22). The Bertz CT molecular complexity index is 680. The lowest BCUT2D eigenvalue weighted by molar-refractivity contribution is 0.0674. The second-order valence-corrected chi connectivity index (χ2v) is 5.98. The number of nitrogens with one attached hydrogen (secondary N) is 1. The molecule has 0 radical (unpaired) electrons. The van der Waals surface area contributed by atoms with Crippen molar-refractivity contribution in [3.8, 4) is 0 Å². The van der Waals surface area contributed by atoms with Crippen molar-refractivity contribution in [2.24, 2.45) is 0 Å². The van der Waals surface area contributed by atoms with Crippen LogP contribution in [0.1, 0.15) is 29.9 Å². The van der Waals surface area contributed by atoms with Gasteiger partial charge in [0.05, 0.1) is 11.8 Å². The summed E-state index contributed by atoms with van der Waals surface area (Å²) in [6.45, 7) is 4.91. The van der Waals surface area contributed by atoms with Crippen LogP contribution in [-0.2, 0) is 17.8 Å². The largest absolute Gasteiger partial charge is 0.377 e. The lowest BCUT2D eigenvalue weighted by Gasteiger charge is -2.25. The van der Waals surface area contributed by atoms with Gasteiger partial charge in [0.1, 0.15) is 5.82 Å². The summed E-state index contributed by atoms with van der Waals surface area (Å²) in [4.78, 5) is 25.1. The first-order chi connectivity index (χ1) is 11.2. The first kappa shape index (κ1) is 15.8. The first-order valence-electron chi connectivity index (χ1n) is 7.99. The van der Waals surface area contributed by atoms with E-state index in [1.807, 2.05) is 12.1 Å². The Hall–Kier alpha value is -2.05. The average molecular weight is 314 g/mol. The van der Waals surface area contributed by atoms with Gasteiger partial charge in [-0.1, -0.05) is 0 Å². The highest BCUT2D eigenvalue weighted by Crippen LogP contribution is 2.16. The lowest BCUT2D eigenvalue weighted by atomic mass is 10.2. The van der Waals surface area contributed by atoms with E-state index in [0.29, 0.717) is 12.4 Å². The van der Waals surface area contributed by atoms with Gasteiger partial charge in [-0.25, -0.2) is 4.98 Å². The summed E-state index contributed by atoms with van der Waals surface area (Å²) in [5, 5.41) is 0. The summed E-state index contributed by atoms with van der Waals surface area (Å²) in [5.41, 5.74) is 1.88. The highest BCUT2D eigenvalue weighted by atomic mass is 16.5. The van der Waals surface area contributed by atoms with Crippen LogP contribution in [0.5, 0.6) is 0 Å². The highest BCUT2D eigenvalue weighted by molar-refractivity contribution is 5.10. The van der Waals surface area contributed by atoms with Crippen molar-refractivity contribution in [1.82, 2.24) is 19.9 Å². The van der Waals surface area contributed by atoms with Gasteiger partial charge in [0.15, 0.2) is 0 Å². The molecule has 122 valence electrons. The highest BCUT2D eigenvalue weighted by Gasteiger charge is 2.20. The fourth-order valence-electron chi connectivity index (χ4n) is 2.96. The minimum atomic E-state index is -0.103. The van der Waals surface area contributed by atoms with Crippen LogP contribution in [0.2, 0.25) is 0 Å². The second-order valence-electron chi connectivity index (χ2n) is 5.98. The molecule has 1 unspecified atom stereocenters. The molecule has 1 atom stereocenters. The summed E-state index contributed by atoms with van der Waals surface area (Å²) >= 11 is 0. The zero-order chi connectivity index (χ0) is 16.1. The summed E-state index contributed by atoms with van der Waals surface area (Å²) < 4.78 is 5.76. The van der Waals surface area contributed by atoms with Crippen LogP contribution >= 0.6 is 0 Å². The average Bonchev–Trinajstić information content (AvgIpc) is 3.00. The van der Waals surface area contributed by atoms with Crippen LogP contribution in [0.15, 0.2) is 35.4 Å². The predicted molar refractivity (Wildman–Crippen MR) is 86.9 cm³/mol. The van der Waals surface area contributed by atoms with Gasteiger partial charge in [-0.05, 0) is 37.5 Å². The van der Waals surface area contributed by atoms with Crippen LogP contribution in [0.4, 0.5) is 0 Å². The van der Waals surface area contributed by atoms with E-state index in [4.69, 9.17) is 4.74 Å². The zero-order valence-electron chi connectivity index (χ0n) is 13.4. The molecule has 2 aromatic heterocycles. The van der Waals surface area contributed by atoms with Crippen LogP contribution in [0, 0.1) is 6.92 Å². The number of aromatic amines is 1. The Morgan fingerprint density at radius 2 is 2.17 bits per heavy atom. The molecule has 1 aliphatic heterocycles. The van der Waals surface area contributed by atoms with Gasteiger partial charge >= 0.3 is 0 Å². The number of aryl methyl sites for hydroxylation is 1. The molecule has 3 heterocycles. The Morgan fingerprint density at radius 1 is 1.35 bits per heavy atom. The fourth-order valence-corrected chi connectivity index (χ4v) is 2.96. The molecule has 0 spiro atoms. The van der Waals surface area contributed by atoms with E-state index in [2.05, 4.69) is 19.9 Å². The second kappa shape index (κ2) is 7.48. The van der Waals surface area contributed by atoms with Gasteiger partial charge in [-0.15, -0.1) is 0 Å². The molecule has 0 aliphatic carbocycles. The van der Waals surface area contributed by atoms with Gasteiger partial charge < -0.3 is 9.72 Å². The first-order valence-corrected chi connectivity index (χ1v) is 7.99. The normalized spacial score (nSPS) is 17.7. The molecule has 1 fully saturated rings. The molecular formula is C17H22N4O2. The molecule has 1 aliphatic rings. The molecule has 1 saturated heterocycles. The van der Waals surface area contributed by atoms with Gasteiger partial charge in [0, 0.05) is 44.7 Å². The minimum absolute atomic E-state index is 0.103. The number of hydrogen-bond acceptors (Lipinski definition) is 5. The van der Waals surface area contributed by atoms with Gasteiger partial charge in [0.2, 0.25) is 0 Å². The molecule has 2 aromatic rings. The Balaban J connectivity index is 1.74. The topological polar surface area (TPSA) is 71.1 Å². The van der Waals surface area contributed by atoms with E-state index >= 15 is 0 Å². The number of nitrogens with zero attached hydrogens (tertiary/aromatic N) is 3. The predicted octanol–water partition coefficient (Wildman–Crippen LogP) is 1.65.